The van der Waals surface area contributed by atoms with Gasteiger partial charge in [-0.05, 0) is 49.1 Å². The smallest absolute Gasteiger partial charge is 0.281 e. The number of fused-ring (bicyclic) bond motifs is 1. The lowest BCUT2D eigenvalue weighted by molar-refractivity contribution is -0.904. The van der Waals surface area contributed by atoms with Gasteiger partial charge in [0.2, 0.25) is 0 Å². The van der Waals surface area contributed by atoms with E-state index < -0.39 is 0 Å². The number of likely N-dealkylation sites (tertiary alicyclic amines) is 1. The number of amides is 1. The standard InChI is InChI=1S/C22H25N3O2/c1-16-11-13-24(14-12-16)15-25-20-6-4-3-5-19(20)21(22(25)26)23-17-7-9-18(27-2)10-8-17/h3-10,16H,11-15H2,1-2H3/p+1. The summed E-state index contributed by atoms with van der Waals surface area (Å²) < 4.78 is 5.20. The molecule has 1 amide bonds. The monoisotopic (exact) mass is 364 g/mol. The molecule has 0 aliphatic carbocycles. The van der Waals surface area contributed by atoms with Crippen molar-refractivity contribution in [3.05, 3.63) is 54.1 Å². The van der Waals surface area contributed by atoms with Crippen molar-refractivity contribution in [2.75, 3.05) is 31.8 Å². The van der Waals surface area contributed by atoms with Crippen LogP contribution in [0.25, 0.3) is 0 Å². The number of nitrogens with one attached hydrogen (secondary N) is 1. The third kappa shape index (κ3) is 3.60. The second-order valence-corrected chi connectivity index (χ2v) is 7.50. The van der Waals surface area contributed by atoms with Crippen LogP contribution in [0.15, 0.2) is 53.5 Å². The fourth-order valence-corrected chi connectivity index (χ4v) is 3.86. The highest BCUT2D eigenvalue weighted by Gasteiger charge is 2.36. The fraction of sp³-hybridized carbons (Fsp3) is 0.364. The lowest BCUT2D eigenvalue weighted by Crippen LogP contribution is -3.14. The van der Waals surface area contributed by atoms with Crippen molar-refractivity contribution in [3.63, 3.8) is 0 Å². The van der Waals surface area contributed by atoms with Crippen molar-refractivity contribution in [2.24, 2.45) is 10.9 Å². The Bertz CT molecular complexity index is 852. The Labute approximate surface area is 160 Å². The molecule has 2 aliphatic rings. The largest absolute Gasteiger partial charge is 0.497 e. The second-order valence-electron chi connectivity index (χ2n) is 7.50. The summed E-state index contributed by atoms with van der Waals surface area (Å²) in [5.41, 5.74) is 3.18. The van der Waals surface area contributed by atoms with Crippen LogP contribution in [0.5, 0.6) is 5.75 Å². The lowest BCUT2D eigenvalue weighted by atomic mass is 10.00. The Morgan fingerprint density at radius 2 is 1.81 bits per heavy atom. The molecule has 0 saturated carbocycles. The molecule has 1 N–H and O–H groups in total. The SMILES string of the molecule is COc1ccc(N=C2C(=O)N(C[NH+]3CCC(C)CC3)c3ccccc32)cc1. The van der Waals surface area contributed by atoms with Gasteiger partial charge in [0.25, 0.3) is 5.91 Å². The molecule has 2 aromatic rings. The molecular formula is C22H26N3O2+. The van der Waals surface area contributed by atoms with Crippen molar-refractivity contribution >= 4 is 23.0 Å². The Morgan fingerprint density at radius 3 is 2.52 bits per heavy atom. The average molecular weight is 364 g/mol. The first-order valence-corrected chi connectivity index (χ1v) is 9.63. The second kappa shape index (κ2) is 7.53. The number of rotatable bonds is 4. The molecule has 2 aromatic carbocycles. The van der Waals surface area contributed by atoms with Gasteiger partial charge < -0.3 is 9.64 Å². The summed E-state index contributed by atoms with van der Waals surface area (Å²) in [5, 5.41) is 0. The summed E-state index contributed by atoms with van der Waals surface area (Å²) in [5.74, 6) is 1.57. The molecule has 1 saturated heterocycles. The van der Waals surface area contributed by atoms with Gasteiger partial charge in [-0.3, -0.25) is 9.69 Å². The van der Waals surface area contributed by atoms with Crippen LogP contribution in [0, 0.1) is 5.92 Å². The number of hydrogen-bond donors (Lipinski definition) is 1. The highest BCUT2D eigenvalue weighted by Crippen LogP contribution is 2.30. The normalized spacial score (nSPS) is 23.6. The van der Waals surface area contributed by atoms with E-state index in [0.29, 0.717) is 12.4 Å². The first kappa shape index (κ1) is 17.7. The van der Waals surface area contributed by atoms with Crippen molar-refractivity contribution in [1.82, 2.24) is 0 Å². The minimum Gasteiger partial charge on any atom is -0.497 e. The molecule has 4 rings (SSSR count). The van der Waals surface area contributed by atoms with Crippen LogP contribution in [-0.2, 0) is 4.79 Å². The summed E-state index contributed by atoms with van der Waals surface area (Å²) in [7, 11) is 1.64. The maximum Gasteiger partial charge on any atom is 0.281 e. The average Bonchev–Trinajstić information content (AvgIpc) is 2.96. The van der Waals surface area contributed by atoms with E-state index in [1.54, 1.807) is 7.11 Å². The highest BCUT2D eigenvalue weighted by atomic mass is 16.5. The predicted octanol–water partition coefficient (Wildman–Crippen LogP) is 2.43. The molecule has 5 heteroatoms. The Morgan fingerprint density at radius 1 is 1.11 bits per heavy atom. The summed E-state index contributed by atoms with van der Waals surface area (Å²) in [6, 6.07) is 15.4. The van der Waals surface area contributed by atoms with Crippen LogP contribution in [0.1, 0.15) is 25.3 Å². The van der Waals surface area contributed by atoms with Gasteiger partial charge in [-0.25, -0.2) is 4.99 Å². The van der Waals surface area contributed by atoms with E-state index in [4.69, 9.17) is 4.74 Å². The number of nitrogens with zero attached hydrogens (tertiary/aromatic N) is 2. The highest BCUT2D eigenvalue weighted by molar-refractivity contribution is 6.54. The molecular weight excluding hydrogens is 338 g/mol. The molecule has 0 radical (unpaired) electrons. The van der Waals surface area contributed by atoms with Gasteiger partial charge in [-0.15, -0.1) is 0 Å². The van der Waals surface area contributed by atoms with Gasteiger partial charge >= 0.3 is 0 Å². The molecule has 140 valence electrons. The summed E-state index contributed by atoms with van der Waals surface area (Å²) in [4.78, 5) is 21.2. The van der Waals surface area contributed by atoms with Crippen molar-refractivity contribution < 1.29 is 14.4 Å². The molecule has 0 atom stereocenters. The number of piperidine rings is 1. The first-order chi connectivity index (χ1) is 13.2. The number of quaternary nitrogens is 1. The Kier molecular flexibility index (Phi) is 4.94. The zero-order chi connectivity index (χ0) is 18.8. The molecule has 27 heavy (non-hydrogen) atoms. The maximum absolute atomic E-state index is 13.2. The number of aliphatic imine (C=N–C) groups is 1. The fourth-order valence-electron chi connectivity index (χ4n) is 3.86. The molecule has 2 aliphatic heterocycles. The van der Waals surface area contributed by atoms with E-state index in [9.17, 15) is 4.79 Å². The van der Waals surface area contributed by atoms with Gasteiger partial charge in [0, 0.05) is 5.56 Å². The van der Waals surface area contributed by atoms with E-state index in [2.05, 4.69) is 11.9 Å². The molecule has 0 spiro atoms. The van der Waals surface area contributed by atoms with Gasteiger partial charge in [-0.2, -0.15) is 0 Å². The quantitative estimate of drug-likeness (QED) is 0.906. The summed E-state index contributed by atoms with van der Waals surface area (Å²) in [6.45, 7) is 5.27. The van der Waals surface area contributed by atoms with Crippen LogP contribution in [0.4, 0.5) is 11.4 Å². The van der Waals surface area contributed by atoms with Crippen LogP contribution < -0.4 is 14.5 Å². The minimum absolute atomic E-state index is 0.00172. The first-order valence-electron chi connectivity index (χ1n) is 9.63. The number of anilines is 1. The number of hydrogen-bond acceptors (Lipinski definition) is 3. The Balaban J connectivity index is 1.62. The molecule has 2 heterocycles. The van der Waals surface area contributed by atoms with Crippen molar-refractivity contribution in [3.8, 4) is 5.75 Å². The van der Waals surface area contributed by atoms with Crippen molar-refractivity contribution in [2.45, 2.75) is 19.8 Å². The van der Waals surface area contributed by atoms with E-state index in [1.807, 2.05) is 53.4 Å². The summed E-state index contributed by atoms with van der Waals surface area (Å²) >= 11 is 0. The minimum atomic E-state index is -0.00172. The van der Waals surface area contributed by atoms with Gasteiger partial charge in [0.15, 0.2) is 6.67 Å². The Hall–Kier alpha value is -2.66. The van der Waals surface area contributed by atoms with E-state index >= 15 is 0 Å². The zero-order valence-corrected chi connectivity index (χ0v) is 15.9. The van der Waals surface area contributed by atoms with E-state index in [0.717, 1.165) is 41.7 Å². The number of carbonyl (C=O) groups excluding carboxylic acids is 1. The van der Waals surface area contributed by atoms with E-state index in [1.165, 1.54) is 17.7 Å². The van der Waals surface area contributed by atoms with Crippen LogP contribution in [0.2, 0.25) is 0 Å². The topological polar surface area (TPSA) is 46.3 Å². The number of para-hydroxylation sites is 1. The maximum atomic E-state index is 13.2. The van der Waals surface area contributed by atoms with Crippen LogP contribution in [-0.4, -0.2) is 38.5 Å². The number of ether oxygens (including phenoxy) is 1. The number of carbonyl (C=O) groups is 1. The zero-order valence-electron chi connectivity index (χ0n) is 15.9. The number of methoxy groups -OCH3 is 1. The van der Waals surface area contributed by atoms with Gasteiger partial charge in [0.05, 0.1) is 31.6 Å². The predicted molar refractivity (Wildman–Crippen MR) is 107 cm³/mol. The molecule has 0 unspecified atom stereocenters. The molecule has 5 nitrogen and oxygen atoms in total. The molecule has 0 aromatic heterocycles. The van der Waals surface area contributed by atoms with Crippen LogP contribution >= 0.6 is 0 Å². The van der Waals surface area contributed by atoms with Gasteiger partial charge in [-0.1, -0.05) is 25.1 Å². The molecule has 1 fully saturated rings. The van der Waals surface area contributed by atoms with Gasteiger partial charge in [0.1, 0.15) is 11.5 Å². The lowest BCUT2D eigenvalue weighted by Gasteiger charge is -2.30. The third-order valence-electron chi connectivity index (χ3n) is 5.57. The van der Waals surface area contributed by atoms with Crippen LogP contribution in [0.3, 0.4) is 0 Å². The third-order valence-corrected chi connectivity index (χ3v) is 5.57. The van der Waals surface area contributed by atoms with Crippen molar-refractivity contribution in [1.29, 1.82) is 0 Å². The molecule has 0 bridgehead atoms. The van der Waals surface area contributed by atoms with E-state index in [-0.39, 0.29) is 5.91 Å². The summed E-state index contributed by atoms with van der Waals surface area (Å²) in [6.07, 6.45) is 2.46. The number of benzene rings is 2.